The van der Waals surface area contributed by atoms with Crippen LogP contribution in [0.3, 0.4) is 0 Å². The van der Waals surface area contributed by atoms with Crippen molar-refractivity contribution in [1.82, 2.24) is 0 Å². The van der Waals surface area contributed by atoms with Crippen molar-refractivity contribution < 1.29 is 78.4 Å². The molecule has 0 aromatic heterocycles. The molecule has 0 unspecified atom stereocenters. The molecular weight excluding hydrogens is 520 g/mol. The van der Waals surface area contributed by atoms with Gasteiger partial charge in [0.25, 0.3) is 0 Å². The highest BCUT2D eigenvalue weighted by molar-refractivity contribution is 5.78. The van der Waals surface area contributed by atoms with Gasteiger partial charge in [-0.2, -0.15) is 0 Å². The van der Waals surface area contributed by atoms with Crippen LogP contribution >= 0.6 is 0 Å². The molecule has 6 N–H and O–H groups in total. The molecule has 0 radical (unpaired) electrons. The van der Waals surface area contributed by atoms with Crippen molar-refractivity contribution in [2.75, 3.05) is 52.9 Å². The number of ether oxygens (including phenoxy) is 4. The van der Waals surface area contributed by atoms with E-state index in [9.17, 15) is 28.8 Å². The molecule has 0 aliphatic heterocycles. The van der Waals surface area contributed by atoms with Crippen molar-refractivity contribution in [2.24, 2.45) is 0 Å². The van der Waals surface area contributed by atoms with Crippen molar-refractivity contribution in [2.45, 2.75) is 51.4 Å². The molecule has 0 rings (SSSR count). The number of aliphatic hydroxyl groups is 4. The van der Waals surface area contributed by atoms with E-state index >= 15 is 0 Å². The zero-order valence-electron chi connectivity index (χ0n) is 21.1. The fourth-order valence-electron chi connectivity index (χ4n) is 1.89. The maximum absolute atomic E-state index is 10.8. The smallest absolute Gasteiger partial charge is 0.306 e. The van der Waals surface area contributed by atoms with Gasteiger partial charge in [0.05, 0.1) is 52.1 Å². The Bertz CT molecular complexity index is 568. The van der Waals surface area contributed by atoms with Crippen LogP contribution in [0.15, 0.2) is 0 Å². The number of carboxylic acid groups (broad SMARTS) is 2. The number of carbonyl (C=O) groups is 6. The Kier molecular flexibility index (Phi) is 30.8. The van der Waals surface area contributed by atoms with E-state index in [1.54, 1.807) is 0 Å². The lowest BCUT2D eigenvalue weighted by atomic mass is 10.2. The number of carbonyl (C=O) groups excluding carboxylic acids is 4. The molecule has 0 saturated carbocycles. The SMILES string of the molecule is O=C(CCC(=O)OCCO)OCCO.O=C(CCC(=O)OCCO)OCCO.O=C(O)CCCCC(=O)O. The third kappa shape index (κ3) is 37.2. The second-order valence-electron chi connectivity index (χ2n) is 6.77. The van der Waals surface area contributed by atoms with Crippen molar-refractivity contribution in [3.8, 4) is 0 Å². The quantitative estimate of drug-likeness (QED) is 0.0591. The van der Waals surface area contributed by atoms with Gasteiger partial charge in [-0.25, -0.2) is 0 Å². The van der Waals surface area contributed by atoms with Crippen LogP contribution in [0.25, 0.3) is 0 Å². The van der Waals surface area contributed by atoms with Gasteiger partial charge in [0, 0.05) is 12.8 Å². The first-order valence-electron chi connectivity index (χ1n) is 11.5. The number of esters is 4. The van der Waals surface area contributed by atoms with E-state index in [1.165, 1.54) is 0 Å². The van der Waals surface area contributed by atoms with Crippen LogP contribution in [0, 0.1) is 0 Å². The molecule has 0 saturated heterocycles. The van der Waals surface area contributed by atoms with E-state index in [0.717, 1.165) is 0 Å². The van der Waals surface area contributed by atoms with Gasteiger partial charge in [0.2, 0.25) is 0 Å². The third-order valence-electron chi connectivity index (χ3n) is 3.52. The van der Waals surface area contributed by atoms with Gasteiger partial charge in [-0.3, -0.25) is 28.8 Å². The standard InChI is InChI=1S/2C8H14O6.C6H10O4/c2*9-3-5-13-7(11)1-2-8(12)14-6-4-10;7-5(8)3-1-2-4-6(9)10/h2*9-10H,1-6H2;1-4H2,(H,7,8)(H,9,10). The van der Waals surface area contributed by atoms with E-state index < -0.39 is 35.8 Å². The first-order chi connectivity index (χ1) is 18.0. The molecule has 0 aliphatic rings. The van der Waals surface area contributed by atoms with E-state index in [-0.39, 0.29) is 91.4 Å². The predicted octanol–water partition coefficient (Wildman–Crippen LogP) is -1.61. The zero-order valence-corrected chi connectivity index (χ0v) is 21.1. The minimum atomic E-state index is -0.870. The molecule has 0 aromatic rings. The normalized spacial score (nSPS) is 9.47. The average molecular weight is 559 g/mol. The summed E-state index contributed by atoms with van der Waals surface area (Å²) in [5.74, 6) is -3.96. The second-order valence-corrected chi connectivity index (χ2v) is 6.77. The lowest BCUT2D eigenvalue weighted by Crippen LogP contribution is -2.13. The molecule has 0 aliphatic carbocycles. The monoisotopic (exact) mass is 558 g/mol. The van der Waals surface area contributed by atoms with Crippen molar-refractivity contribution >= 4 is 35.8 Å². The molecule has 0 atom stereocenters. The summed E-state index contributed by atoms with van der Waals surface area (Å²) in [5.41, 5.74) is 0. The summed E-state index contributed by atoms with van der Waals surface area (Å²) >= 11 is 0. The molecule has 0 fully saturated rings. The lowest BCUT2D eigenvalue weighted by Gasteiger charge is -2.03. The van der Waals surface area contributed by atoms with Gasteiger partial charge in [-0.15, -0.1) is 0 Å². The number of unbranched alkanes of at least 4 members (excludes halogenated alkanes) is 1. The fraction of sp³-hybridized carbons (Fsp3) is 0.727. The van der Waals surface area contributed by atoms with Crippen molar-refractivity contribution in [3.63, 3.8) is 0 Å². The van der Waals surface area contributed by atoms with Crippen LogP contribution in [-0.2, 0) is 47.7 Å². The molecule has 222 valence electrons. The minimum Gasteiger partial charge on any atom is -0.481 e. The summed E-state index contributed by atoms with van der Waals surface area (Å²) in [6.45, 7) is -1.20. The molecule has 0 bridgehead atoms. The molecule has 38 heavy (non-hydrogen) atoms. The molecule has 16 nitrogen and oxygen atoms in total. The van der Waals surface area contributed by atoms with Gasteiger partial charge < -0.3 is 49.6 Å². The third-order valence-corrected chi connectivity index (χ3v) is 3.52. The van der Waals surface area contributed by atoms with Crippen LogP contribution < -0.4 is 0 Å². The number of aliphatic hydroxyl groups excluding tert-OH is 4. The minimum absolute atomic E-state index is 0.0628. The highest BCUT2D eigenvalue weighted by Crippen LogP contribution is 1.99. The van der Waals surface area contributed by atoms with Crippen LogP contribution in [0.1, 0.15) is 51.4 Å². The summed E-state index contributed by atoms with van der Waals surface area (Å²) < 4.78 is 18.0. The summed E-state index contributed by atoms with van der Waals surface area (Å²) in [6.07, 6.45) is 0.701. The maximum Gasteiger partial charge on any atom is 0.306 e. The lowest BCUT2D eigenvalue weighted by molar-refractivity contribution is -0.151. The highest BCUT2D eigenvalue weighted by atomic mass is 16.6. The molecule has 0 heterocycles. The van der Waals surface area contributed by atoms with Gasteiger partial charge in [-0.05, 0) is 12.8 Å². The van der Waals surface area contributed by atoms with Gasteiger partial charge in [-0.1, -0.05) is 0 Å². The Hall–Kier alpha value is -3.34. The number of hydrogen-bond acceptors (Lipinski definition) is 14. The van der Waals surface area contributed by atoms with E-state index in [0.29, 0.717) is 12.8 Å². The molecular formula is C22H38O16. The number of hydrogen-bond donors (Lipinski definition) is 6. The first kappa shape index (κ1) is 39.2. The van der Waals surface area contributed by atoms with Crippen molar-refractivity contribution in [1.29, 1.82) is 0 Å². The Morgan fingerprint density at radius 3 is 0.763 bits per heavy atom. The van der Waals surface area contributed by atoms with E-state index in [2.05, 4.69) is 18.9 Å². The summed E-state index contributed by atoms with van der Waals surface area (Å²) in [7, 11) is 0. The van der Waals surface area contributed by atoms with Crippen LogP contribution in [-0.4, -0.2) is 119 Å². The average Bonchev–Trinajstić information content (AvgIpc) is 2.88. The van der Waals surface area contributed by atoms with E-state index in [1.807, 2.05) is 0 Å². The molecule has 0 spiro atoms. The number of rotatable bonds is 19. The number of aliphatic carboxylic acids is 2. The topological polar surface area (TPSA) is 261 Å². The largest absolute Gasteiger partial charge is 0.481 e. The second kappa shape index (κ2) is 29.9. The number of carboxylic acids is 2. The van der Waals surface area contributed by atoms with Gasteiger partial charge >= 0.3 is 35.8 Å². The summed E-state index contributed by atoms with van der Waals surface area (Å²) in [4.78, 5) is 63.0. The summed E-state index contributed by atoms with van der Waals surface area (Å²) in [5, 5.41) is 49.5. The maximum atomic E-state index is 10.8. The fourth-order valence-corrected chi connectivity index (χ4v) is 1.89. The highest BCUT2D eigenvalue weighted by Gasteiger charge is 2.09. The Morgan fingerprint density at radius 1 is 0.395 bits per heavy atom. The Morgan fingerprint density at radius 2 is 0.605 bits per heavy atom. The van der Waals surface area contributed by atoms with Gasteiger partial charge in [0.15, 0.2) is 0 Å². The molecule has 0 aromatic carbocycles. The van der Waals surface area contributed by atoms with Crippen LogP contribution in [0.2, 0.25) is 0 Å². The first-order valence-corrected chi connectivity index (χ1v) is 11.5. The van der Waals surface area contributed by atoms with Crippen molar-refractivity contribution in [3.05, 3.63) is 0 Å². The Balaban J connectivity index is -0.000000492. The molecule has 0 amide bonds. The summed E-state index contributed by atoms with van der Waals surface area (Å²) in [6, 6.07) is 0. The Labute approximate surface area is 219 Å². The predicted molar refractivity (Wildman–Crippen MR) is 124 cm³/mol. The van der Waals surface area contributed by atoms with E-state index in [4.69, 9.17) is 30.6 Å². The zero-order chi connectivity index (χ0) is 29.6. The van der Waals surface area contributed by atoms with Gasteiger partial charge in [0.1, 0.15) is 26.4 Å². The molecule has 16 heteroatoms. The van der Waals surface area contributed by atoms with Crippen LogP contribution in [0.4, 0.5) is 0 Å². The van der Waals surface area contributed by atoms with Crippen LogP contribution in [0.5, 0.6) is 0 Å².